The second-order valence-corrected chi connectivity index (χ2v) is 8.63. The molecular formula is C26H33N3O4. The molecule has 0 bridgehead atoms. The van der Waals surface area contributed by atoms with Crippen LogP contribution >= 0.6 is 0 Å². The van der Waals surface area contributed by atoms with E-state index in [0.29, 0.717) is 24.0 Å². The maximum absolute atomic E-state index is 11.5. The van der Waals surface area contributed by atoms with Gasteiger partial charge in [0.05, 0.1) is 18.1 Å². The fraction of sp³-hybridized carbons (Fsp3) is 0.462. The third kappa shape index (κ3) is 5.30. The molecule has 4 rings (SSSR count). The van der Waals surface area contributed by atoms with Crippen molar-refractivity contribution >= 4 is 17.0 Å². The zero-order valence-corrected chi connectivity index (χ0v) is 19.5. The first-order chi connectivity index (χ1) is 16.1. The van der Waals surface area contributed by atoms with E-state index in [0.717, 1.165) is 44.5 Å². The molecular weight excluding hydrogens is 418 g/mol. The molecule has 0 amide bonds. The Morgan fingerprint density at radius 2 is 2.03 bits per heavy atom. The Balaban J connectivity index is 1.34. The topological polar surface area (TPSA) is 76.8 Å². The van der Waals surface area contributed by atoms with Crippen LogP contribution in [-0.4, -0.2) is 58.9 Å². The van der Waals surface area contributed by atoms with E-state index in [9.17, 15) is 9.90 Å². The minimum Gasteiger partial charge on any atom is -0.497 e. The number of hydrogen-bond donors (Lipinski definition) is 1. The zero-order chi connectivity index (χ0) is 23.2. The van der Waals surface area contributed by atoms with Crippen LogP contribution in [0.1, 0.15) is 54.4 Å². The summed E-state index contributed by atoms with van der Waals surface area (Å²) < 4.78 is 13.4. The van der Waals surface area contributed by atoms with Gasteiger partial charge in [0.2, 0.25) is 0 Å². The summed E-state index contributed by atoms with van der Waals surface area (Å²) in [6.07, 6.45) is 8.75. The molecule has 3 heterocycles. The number of rotatable bonds is 10. The molecule has 1 fully saturated rings. The van der Waals surface area contributed by atoms with E-state index in [2.05, 4.69) is 28.7 Å². The van der Waals surface area contributed by atoms with Crippen molar-refractivity contribution in [1.82, 2.24) is 14.5 Å². The lowest BCUT2D eigenvalue weighted by atomic mass is 9.90. The normalized spacial score (nSPS) is 15.1. The lowest BCUT2D eigenvalue weighted by Gasteiger charge is -2.31. The monoisotopic (exact) mass is 451 g/mol. The number of aryl methyl sites for hydroxylation is 1. The van der Waals surface area contributed by atoms with Gasteiger partial charge in [-0.25, -0.2) is 4.79 Å². The molecule has 7 heteroatoms. The quantitative estimate of drug-likeness (QED) is 0.477. The number of piperidine rings is 1. The predicted octanol–water partition coefficient (Wildman–Crippen LogP) is 4.80. The fourth-order valence-corrected chi connectivity index (χ4v) is 4.64. The van der Waals surface area contributed by atoms with E-state index < -0.39 is 5.97 Å². The summed E-state index contributed by atoms with van der Waals surface area (Å²) >= 11 is 0. The number of ether oxygens (including phenoxy) is 2. The molecule has 0 saturated carbocycles. The van der Waals surface area contributed by atoms with Crippen LogP contribution in [0.4, 0.5) is 0 Å². The van der Waals surface area contributed by atoms with Crippen molar-refractivity contribution in [3.8, 4) is 11.5 Å². The number of aromatic nitrogens is 2. The van der Waals surface area contributed by atoms with E-state index in [-0.39, 0.29) is 5.56 Å². The number of likely N-dealkylation sites (tertiary alicyclic amines) is 1. The van der Waals surface area contributed by atoms with E-state index in [1.807, 2.05) is 12.3 Å². The Bertz CT molecular complexity index is 1090. The van der Waals surface area contributed by atoms with Crippen molar-refractivity contribution in [3.05, 3.63) is 53.9 Å². The SMILES string of the molecule is CCCCn1cc(C2CCN(CCOc3cc(OC)ccc3C(=O)O)CC2)c2ncccc21. The highest BCUT2D eigenvalue weighted by Crippen LogP contribution is 2.33. The second-order valence-electron chi connectivity index (χ2n) is 8.63. The van der Waals surface area contributed by atoms with Crippen LogP contribution in [0, 0.1) is 0 Å². The molecule has 7 nitrogen and oxygen atoms in total. The number of methoxy groups -OCH3 is 1. The van der Waals surface area contributed by atoms with Gasteiger partial charge in [-0.2, -0.15) is 0 Å². The van der Waals surface area contributed by atoms with Gasteiger partial charge in [0.1, 0.15) is 23.7 Å². The number of benzene rings is 1. The molecule has 0 unspecified atom stereocenters. The molecule has 1 N–H and O–H groups in total. The maximum atomic E-state index is 11.5. The first-order valence-corrected chi connectivity index (χ1v) is 11.8. The average molecular weight is 452 g/mol. The molecule has 3 aromatic rings. The van der Waals surface area contributed by atoms with E-state index in [1.165, 1.54) is 30.0 Å². The Morgan fingerprint density at radius 3 is 2.76 bits per heavy atom. The Hall–Kier alpha value is -3.06. The highest BCUT2D eigenvalue weighted by Gasteiger charge is 2.24. The van der Waals surface area contributed by atoms with E-state index in [1.54, 1.807) is 19.2 Å². The number of pyridine rings is 1. The van der Waals surface area contributed by atoms with Crippen molar-refractivity contribution in [2.45, 2.75) is 45.1 Å². The van der Waals surface area contributed by atoms with Crippen LogP contribution in [0.3, 0.4) is 0 Å². The third-order valence-corrected chi connectivity index (χ3v) is 6.53. The van der Waals surface area contributed by atoms with Crippen LogP contribution in [-0.2, 0) is 6.54 Å². The molecule has 176 valence electrons. The number of unbranched alkanes of at least 4 members (excludes halogenated alkanes) is 1. The van der Waals surface area contributed by atoms with Gasteiger partial charge in [-0.3, -0.25) is 9.88 Å². The fourth-order valence-electron chi connectivity index (χ4n) is 4.64. The van der Waals surface area contributed by atoms with Crippen LogP contribution in [0.15, 0.2) is 42.7 Å². The zero-order valence-electron chi connectivity index (χ0n) is 19.5. The molecule has 1 aromatic carbocycles. The van der Waals surface area contributed by atoms with Gasteiger partial charge < -0.3 is 19.1 Å². The van der Waals surface area contributed by atoms with Crippen molar-refractivity contribution in [3.63, 3.8) is 0 Å². The van der Waals surface area contributed by atoms with E-state index in [4.69, 9.17) is 14.5 Å². The number of nitrogens with zero attached hydrogens (tertiary/aromatic N) is 3. The molecule has 1 saturated heterocycles. The first kappa shape index (κ1) is 23.1. The number of fused-ring (bicyclic) bond motifs is 1. The van der Waals surface area contributed by atoms with Gasteiger partial charge >= 0.3 is 5.97 Å². The van der Waals surface area contributed by atoms with Crippen LogP contribution in [0.25, 0.3) is 11.0 Å². The molecule has 0 spiro atoms. The van der Waals surface area contributed by atoms with Crippen LogP contribution in [0.2, 0.25) is 0 Å². The van der Waals surface area contributed by atoms with Gasteiger partial charge in [-0.05, 0) is 68.1 Å². The minimum atomic E-state index is -1.000. The van der Waals surface area contributed by atoms with Crippen LogP contribution < -0.4 is 9.47 Å². The largest absolute Gasteiger partial charge is 0.497 e. The molecule has 0 radical (unpaired) electrons. The number of hydrogen-bond acceptors (Lipinski definition) is 5. The standard InChI is InChI=1S/C26H33N3O4/c1-3-4-12-29-18-22(25-23(29)6-5-11-27-25)19-9-13-28(14-10-19)15-16-33-24-17-20(32-2)7-8-21(24)26(30)31/h5-8,11,17-19H,3-4,9-10,12-16H2,1-2H3,(H,30,31). The maximum Gasteiger partial charge on any atom is 0.339 e. The summed E-state index contributed by atoms with van der Waals surface area (Å²) in [5, 5.41) is 9.40. The lowest BCUT2D eigenvalue weighted by molar-refractivity contribution is 0.0691. The molecule has 2 aromatic heterocycles. The van der Waals surface area contributed by atoms with Crippen molar-refractivity contribution < 1.29 is 19.4 Å². The molecule has 33 heavy (non-hydrogen) atoms. The number of carbonyl (C=O) groups is 1. The summed E-state index contributed by atoms with van der Waals surface area (Å²) in [5.74, 6) is 0.449. The Kier molecular flexibility index (Phi) is 7.50. The summed E-state index contributed by atoms with van der Waals surface area (Å²) in [4.78, 5) is 18.6. The van der Waals surface area contributed by atoms with Crippen LogP contribution in [0.5, 0.6) is 11.5 Å². The van der Waals surface area contributed by atoms with E-state index >= 15 is 0 Å². The number of carboxylic acids is 1. The summed E-state index contributed by atoms with van der Waals surface area (Å²) in [5.41, 5.74) is 3.92. The highest BCUT2D eigenvalue weighted by molar-refractivity contribution is 5.91. The minimum absolute atomic E-state index is 0.154. The molecule has 1 aliphatic rings. The number of aromatic carboxylic acids is 1. The second kappa shape index (κ2) is 10.7. The van der Waals surface area contributed by atoms with Crippen molar-refractivity contribution in [1.29, 1.82) is 0 Å². The third-order valence-electron chi connectivity index (χ3n) is 6.53. The summed E-state index contributed by atoms with van der Waals surface area (Å²) in [6, 6.07) is 8.99. The molecule has 1 aliphatic heterocycles. The van der Waals surface area contributed by atoms with Crippen molar-refractivity contribution in [2.75, 3.05) is 33.4 Å². The number of carboxylic acid groups (broad SMARTS) is 1. The smallest absolute Gasteiger partial charge is 0.339 e. The Labute approximate surface area is 194 Å². The summed E-state index contributed by atoms with van der Waals surface area (Å²) in [6.45, 7) is 6.45. The van der Waals surface area contributed by atoms with Gasteiger partial charge in [-0.1, -0.05) is 13.3 Å². The Morgan fingerprint density at radius 1 is 1.21 bits per heavy atom. The van der Waals surface area contributed by atoms with Crippen molar-refractivity contribution in [2.24, 2.45) is 0 Å². The van der Waals surface area contributed by atoms with Gasteiger partial charge in [0.25, 0.3) is 0 Å². The molecule has 0 aliphatic carbocycles. The lowest BCUT2D eigenvalue weighted by Crippen LogP contribution is -2.36. The molecule has 0 atom stereocenters. The van der Waals surface area contributed by atoms with Gasteiger partial charge in [-0.15, -0.1) is 0 Å². The summed E-state index contributed by atoms with van der Waals surface area (Å²) in [7, 11) is 1.56. The first-order valence-electron chi connectivity index (χ1n) is 11.8. The average Bonchev–Trinajstić information content (AvgIpc) is 3.21. The highest BCUT2D eigenvalue weighted by atomic mass is 16.5. The predicted molar refractivity (Wildman–Crippen MR) is 129 cm³/mol. The van der Waals surface area contributed by atoms with Gasteiger partial charge in [0, 0.05) is 31.5 Å². The van der Waals surface area contributed by atoms with Gasteiger partial charge in [0.15, 0.2) is 0 Å².